The Bertz CT molecular complexity index is 210. The predicted octanol–water partition coefficient (Wildman–Crippen LogP) is 1.10. The lowest BCUT2D eigenvalue weighted by Crippen LogP contribution is -1.96. The minimum absolute atomic E-state index is 0. The normalized spacial score (nSPS) is 9.17. The van der Waals surface area contributed by atoms with Crippen molar-refractivity contribution in [1.29, 1.82) is 0 Å². The predicted molar refractivity (Wildman–Crippen MR) is 52.4 cm³/mol. The van der Waals surface area contributed by atoms with Gasteiger partial charge in [-0.3, -0.25) is 0 Å². The zero-order valence-electron chi connectivity index (χ0n) is 6.86. The van der Waals surface area contributed by atoms with Gasteiger partial charge in [0.05, 0.1) is 0 Å². The number of nitrogens with two attached hydrogens (primary N) is 1. The first-order chi connectivity index (χ1) is 5.36. The second kappa shape index (κ2) is 6.00. The molecular formula is C9H14ClNO. The summed E-state index contributed by atoms with van der Waals surface area (Å²) in [4.78, 5) is 0. The summed E-state index contributed by atoms with van der Waals surface area (Å²) >= 11 is 0. The lowest BCUT2D eigenvalue weighted by Gasteiger charge is -1.99. The van der Waals surface area contributed by atoms with E-state index in [1.807, 2.05) is 24.3 Å². The average Bonchev–Trinajstić information content (AvgIpc) is 2.07. The summed E-state index contributed by atoms with van der Waals surface area (Å²) in [7, 11) is 0. The first-order valence-electron chi connectivity index (χ1n) is 3.75. The molecule has 0 aliphatic rings. The molecule has 0 heterocycles. The van der Waals surface area contributed by atoms with E-state index < -0.39 is 0 Å². The Labute approximate surface area is 78.8 Å². The molecule has 3 N–H and O–H groups in total. The molecule has 1 rings (SSSR count). The van der Waals surface area contributed by atoms with Crippen molar-refractivity contribution < 1.29 is 5.11 Å². The summed E-state index contributed by atoms with van der Waals surface area (Å²) in [5.74, 6) is 0. The Balaban J connectivity index is 0.00000121. The fourth-order valence-electron chi connectivity index (χ4n) is 0.971. The van der Waals surface area contributed by atoms with E-state index in [1.165, 1.54) is 0 Å². The average molecular weight is 188 g/mol. The standard InChI is InChI=1S/C9H13NO.ClH/c10-7-9-3-1-8(2-4-9)5-6-11;/h1-4,11H,5-7,10H2;1H. The molecule has 1 aromatic carbocycles. The quantitative estimate of drug-likeness (QED) is 0.745. The molecule has 0 aromatic heterocycles. The third-order valence-electron chi connectivity index (χ3n) is 1.66. The molecule has 1 aromatic rings. The van der Waals surface area contributed by atoms with Crippen LogP contribution in [0.1, 0.15) is 11.1 Å². The SMILES string of the molecule is Cl.NCc1ccc(CCO)cc1. The van der Waals surface area contributed by atoms with E-state index in [2.05, 4.69) is 0 Å². The Morgan fingerprint density at radius 3 is 2.00 bits per heavy atom. The van der Waals surface area contributed by atoms with Crippen molar-refractivity contribution in [3.05, 3.63) is 35.4 Å². The summed E-state index contributed by atoms with van der Waals surface area (Å²) in [6.45, 7) is 0.793. The molecule has 0 spiro atoms. The van der Waals surface area contributed by atoms with E-state index in [0.717, 1.165) is 17.5 Å². The van der Waals surface area contributed by atoms with Gasteiger partial charge in [0.2, 0.25) is 0 Å². The fourth-order valence-corrected chi connectivity index (χ4v) is 0.971. The molecule has 12 heavy (non-hydrogen) atoms. The van der Waals surface area contributed by atoms with Crippen LogP contribution in [0.4, 0.5) is 0 Å². The number of aliphatic hydroxyl groups is 1. The van der Waals surface area contributed by atoms with Gasteiger partial charge in [0.15, 0.2) is 0 Å². The smallest absolute Gasteiger partial charge is 0.0471 e. The second-order valence-electron chi connectivity index (χ2n) is 2.49. The van der Waals surface area contributed by atoms with Gasteiger partial charge in [-0.15, -0.1) is 12.4 Å². The van der Waals surface area contributed by atoms with Gasteiger partial charge in [-0.2, -0.15) is 0 Å². The lowest BCUT2D eigenvalue weighted by molar-refractivity contribution is 0.299. The van der Waals surface area contributed by atoms with E-state index in [0.29, 0.717) is 6.54 Å². The first-order valence-corrected chi connectivity index (χ1v) is 3.75. The van der Waals surface area contributed by atoms with Crippen LogP contribution in [0, 0.1) is 0 Å². The number of rotatable bonds is 3. The van der Waals surface area contributed by atoms with Crippen LogP contribution < -0.4 is 5.73 Å². The summed E-state index contributed by atoms with van der Waals surface area (Å²) in [6, 6.07) is 7.98. The third kappa shape index (κ3) is 3.22. The van der Waals surface area contributed by atoms with Crippen molar-refractivity contribution in [2.75, 3.05) is 6.61 Å². The Hall–Kier alpha value is -0.570. The second-order valence-corrected chi connectivity index (χ2v) is 2.49. The number of hydrogen-bond donors (Lipinski definition) is 2. The molecule has 0 atom stereocenters. The number of hydrogen-bond acceptors (Lipinski definition) is 2. The topological polar surface area (TPSA) is 46.2 Å². The van der Waals surface area contributed by atoms with Crippen molar-refractivity contribution in [1.82, 2.24) is 0 Å². The summed E-state index contributed by atoms with van der Waals surface area (Å²) in [6.07, 6.45) is 0.727. The maximum atomic E-state index is 8.62. The summed E-state index contributed by atoms with van der Waals surface area (Å²) in [5, 5.41) is 8.62. The van der Waals surface area contributed by atoms with Gasteiger partial charge in [0.25, 0.3) is 0 Å². The zero-order valence-corrected chi connectivity index (χ0v) is 7.68. The van der Waals surface area contributed by atoms with Gasteiger partial charge in [0, 0.05) is 13.2 Å². The molecule has 3 heteroatoms. The highest BCUT2D eigenvalue weighted by Crippen LogP contribution is 2.03. The van der Waals surface area contributed by atoms with Crippen molar-refractivity contribution in [2.24, 2.45) is 5.73 Å². The molecule has 0 saturated heterocycles. The largest absolute Gasteiger partial charge is 0.396 e. The number of benzene rings is 1. The van der Waals surface area contributed by atoms with Crippen LogP contribution in [0.2, 0.25) is 0 Å². The molecule has 0 amide bonds. The maximum absolute atomic E-state index is 8.62. The van der Waals surface area contributed by atoms with E-state index in [4.69, 9.17) is 10.8 Å². The number of halogens is 1. The number of aliphatic hydroxyl groups excluding tert-OH is 1. The van der Waals surface area contributed by atoms with Gasteiger partial charge < -0.3 is 10.8 Å². The minimum atomic E-state index is 0. The highest BCUT2D eigenvalue weighted by Gasteiger charge is 1.91. The Morgan fingerprint density at radius 2 is 1.58 bits per heavy atom. The van der Waals surface area contributed by atoms with Crippen LogP contribution in [0.15, 0.2) is 24.3 Å². The van der Waals surface area contributed by atoms with Crippen LogP contribution in [0.3, 0.4) is 0 Å². The molecule has 0 fully saturated rings. The van der Waals surface area contributed by atoms with Crippen LogP contribution in [0.25, 0.3) is 0 Å². The van der Waals surface area contributed by atoms with Gasteiger partial charge in [-0.05, 0) is 17.5 Å². The van der Waals surface area contributed by atoms with E-state index in [1.54, 1.807) is 0 Å². The van der Waals surface area contributed by atoms with Crippen molar-refractivity contribution in [2.45, 2.75) is 13.0 Å². The van der Waals surface area contributed by atoms with Gasteiger partial charge in [-0.25, -0.2) is 0 Å². The molecule has 2 nitrogen and oxygen atoms in total. The van der Waals surface area contributed by atoms with Crippen molar-refractivity contribution in [3.8, 4) is 0 Å². The molecule has 0 aliphatic heterocycles. The lowest BCUT2D eigenvalue weighted by atomic mass is 10.1. The van der Waals surface area contributed by atoms with Crippen molar-refractivity contribution in [3.63, 3.8) is 0 Å². The van der Waals surface area contributed by atoms with Crippen LogP contribution in [-0.4, -0.2) is 11.7 Å². The van der Waals surface area contributed by atoms with Gasteiger partial charge >= 0.3 is 0 Å². The molecule has 0 radical (unpaired) electrons. The monoisotopic (exact) mass is 187 g/mol. The molecule has 0 bridgehead atoms. The molecule has 0 unspecified atom stereocenters. The third-order valence-corrected chi connectivity index (χ3v) is 1.66. The molecular weight excluding hydrogens is 174 g/mol. The molecule has 68 valence electrons. The maximum Gasteiger partial charge on any atom is 0.0471 e. The highest BCUT2D eigenvalue weighted by atomic mass is 35.5. The Morgan fingerprint density at radius 1 is 1.08 bits per heavy atom. The van der Waals surface area contributed by atoms with Gasteiger partial charge in [0.1, 0.15) is 0 Å². The zero-order chi connectivity index (χ0) is 8.10. The van der Waals surface area contributed by atoms with E-state index in [-0.39, 0.29) is 19.0 Å². The van der Waals surface area contributed by atoms with Crippen LogP contribution in [-0.2, 0) is 13.0 Å². The van der Waals surface area contributed by atoms with Crippen molar-refractivity contribution >= 4 is 12.4 Å². The highest BCUT2D eigenvalue weighted by molar-refractivity contribution is 5.85. The van der Waals surface area contributed by atoms with E-state index in [9.17, 15) is 0 Å². The minimum Gasteiger partial charge on any atom is -0.396 e. The molecule has 0 saturated carbocycles. The first kappa shape index (κ1) is 11.4. The molecule has 0 aliphatic carbocycles. The van der Waals surface area contributed by atoms with Crippen LogP contribution in [0.5, 0.6) is 0 Å². The summed E-state index contributed by atoms with van der Waals surface area (Å²) in [5.41, 5.74) is 7.71. The Kier molecular flexibility index (Phi) is 5.72. The fraction of sp³-hybridized carbons (Fsp3) is 0.333. The van der Waals surface area contributed by atoms with E-state index >= 15 is 0 Å². The van der Waals surface area contributed by atoms with Crippen LogP contribution >= 0.6 is 12.4 Å². The summed E-state index contributed by atoms with van der Waals surface area (Å²) < 4.78 is 0. The van der Waals surface area contributed by atoms with Gasteiger partial charge in [-0.1, -0.05) is 24.3 Å².